The van der Waals surface area contributed by atoms with Gasteiger partial charge in [-0.2, -0.15) is 0 Å². The average molecular weight is 416 g/mol. The van der Waals surface area contributed by atoms with Crippen molar-refractivity contribution in [3.63, 3.8) is 0 Å². The molecular weight excluding hydrogens is 394 g/mol. The lowest BCUT2D eigenvalue weighted by atomic mass is 10.2. The van der Waals surface area contributed by atoms with E-state index < -0.39 is 5.25 Å². The first-order valence-electron chi connectivity index (χ1n) is 9.66. The predicted molar refractivity (Wildman–Crippen MR) is 123 cm³/mol. The zero-order chi connectivity index (χ0) is 20.9. The minimum absolute atomic E-state index is 0.0779. The Balaban J connectivity index is 1.56. The largest absolute Gasteiger partial charge is 0.326 e. The van der Waals surface area contributed by atoms with Crippen molar-refractivity contribution in [2.75, 3.05) is 10.2 Å². The highest BCUT2D eigenvalue weighted by Gasteiger charge is 2.40. The summed E-state index contributed by atoms with van der Waals surface area (Å²) >= 11 is 1.32. The van der Waals surface area contributed by atoms with Crippen LogP contribution in [0, 0.1) is 6.92 Å². The number of carbonyl (C=O) groups is 2. The predicted octanol–water partition coefficient (Wildman–Crippen LogP) is 5.16. The SMILES string of the molecule is Cc1ccc(NC(=O)CC2S/C(=N/c3ccccc3)N(c3ccccc3)C2=O)cc1. The van der Waals surface area contributed by atoms with Gasteiger partial charge in [-0.25, -0.2) is 4.99 Å². The first-order valence-corrected chi connectivity index (χ1v) is 10.5. The van der Waals surface area contributed by atoms with Gasteiger partial charge in [-0.1, -0.05) is 65.9 Å². The summed E-state index contributed by atoms with van der Waals surface area (Å²) in [4.78, 5) is 32.0. The molecule has 1 fully saturated rings. The number of hydrogen-bond donors (Lipinski definition) is 1. The third-order valence-electron chi connectivity index (χ3n) is 4.64. The van der Waals surface area contributed by atoms with E-state index in [1.807, 2.05) is 91.9 Å². The summed E-state index contributed by atoms with van der Waals surface area (Å²) in [6.07, 6.45) is 0.0779. The number of rotatable bonds is 5. The number of nitrogens with one attached hydrogen (secondary N) is 1. The highest BCUT2D eigenvalue weighted by Crippen LogP contribution is 2.35. The van der Waals surface area contributed by atoms with E-state index in [0.29, 0.717) is 5.17 Å². The van der Waals surface area contributed by atoms with Gasteiger partial charge in [-0.05, 0) is 43.3 Å². The molecule has 0 spiro atoms. The van der Waals surface area contributed by atoms with Crippen LogP contribution in [0.1, 0.15) is 12.0 Å². The maximum atomic E-state index is 13.2. The van der Waals surface area contributed by atoms with E-state index in [1.54, 1.807) is 4.90 Å². The molecule has 1 saturated heterocycles. The summed E-state index contributed by atoms with van der Waals surface area (Å²) in [5.41, 5.74) is 3.35. The normalized spacial score (nSPS) is 17.4. The number of nitrogens with zero attached hydrogens (tertiary/aromatic N) is 2. The lowest BCUT2D eigenvalue weighted by molar-refractivity contribution is -0.121. The number of carbonyl (C=O) groups excluding carboxylic acids is 2. The molecule has 0 bridgehead atoms. The Bertz CT molecular complexity index is 1070. The Hall–Kier alpha value is -3.38. The molecule has 1 aliphatic heterocycles. The molecular formula is C24H21N3O2S. The molecule has 150 valence electrons. The van der Waals surface area contributed by atoms with Gasteiger partial charge in [0.15, 0.2) is 5.17 Å². The Kier molecular flexibility index (Phi) is 5.95. The summed E-state index contributed by atoms with van der Waals surface area (Å²) in [6, 6.07) is 26.5. The molecule has 1 atom stereocenters. The third-order valence-corrected chi connectivity index (χ3v) is 5.77. The molecule has 1 aliphatic rings. The van der Waals surface area contributed by atoms with Crippen LogP contribution in [0.2, 0.25) is 0 Å². The zero-order valence-electron chi connectivity index (χ0n) is 16.5. The number of thioether (sulfide) groups is 1. The zero-order valence-corrected chi connectivity index (χ0v) is 17.3. The molecule has 4 rings (SSSR count). The maximum absolute atomic E-state index is 13.2. The van der Waals surface area contributed by atoms with E-state index in [-0.39, 0.29) is 18.2 Å². The number of hydrogen-bond acceptors (Lipinski definition) is 4. The van der Waals surface area contributed by atoms with Gasteiger partial charge in [-0.3, -0.25) is 14.5 Å². The molecule has 1 unspecified atom stereocenters. The first kappa shape index (κ1) is 19.9. The van der Waals surface area contributed by atoms with Crippen LogP contribution in [0.25, 0.3) is 0 Å². The van der Waals surface area contributed by atoms with Gasteiger partial charge in [0.05, 0.1) is 11.4 Å². The number of amides is 2. The molecule has 0 aliphatic carbocycles. The molecule has 30 heavy (non-hydrogen) atoms. The lowest BCUT2D eigenvalue weighted by Crippen LogP contribution is -2.33. The number of aryl methyl sites for hydroxylation is 1. The van der Waals surface area contributed by atoms with Crippen molar-refractivity contribution >= 4 is 45.8 Å². The molecule has 3 aromatic rings. The van der Waals surface area contributed by atoms with Gasteiger partial charge >= 0.3 is 0 Å². The minimum atomic E-state index is -0.530. The number of amidine groups is 1. The molecule has 2 amide bonds. The van der Waals surface area contributed by atoms with Gasteiger partial charge in [0, 0.05) is 12.1 Å². The summed E-state index contributed by atoms with van der Waals surface area (Å²) in [6.45, 7) is 1.99. The molecule has 6 heteroatoms. The van der Waals surface area contributed by atoms with Crippen LogP contribution in [0.3, 0.4) is 0 Å². The van der Waals surface area contributed by atoms with Gasteiger partial charge in [0.25, 0.3) is 0 Å². The monoisotopic (exact) mass is 415 g/mol. The molecule has 5 nitrogen and oxygen atoms in total. The Labute approximate surface area is 179 Å². The number of benzene rings is 3. The van der Waals surface area contributed by atoms with Crippen molar-refractivity contribution in [3.05, 3.63) is 90.5 Å². The number of aliphatic imine (C=N–C) groups is 1. The first-order chi connectivity index (χ1) is 14.6. The number of para-hydroxylation sites is 2. The van der Waals surface area contributed by atoms with E-state index in [1.165, 1.54) is 11.8 Å². The standard InChI is InChI=1S/C24H21N3O2S/c1-17-12-14-19(15-13-17)25-22(28)16-21-23(29)27(20-10-6-3-7-11-20)24(30-21)26-18-8-4-2-5-9-18/h2-15,21H,16H2,1H3,(H,25,28)/b26-24+. The minimum Gasteiger partial charge on any atom is -0.326 e. The average Bonchev–Trinajstić information content (AvgIpc) is 3.05. The molecule has 0 saturated carbocycles. The van der Waals surface area contributed by atoms with Crippen LogP contribution in [0.5, 0.6) is 0 Å². The van der Waals surface area contributed by atoms with Gasteiger partial charge in [0.1, 0.15) is 5.25 Å². The van der Waals surface area contributed by atoms with E-state index in [2.05, 4.69) is 10.3 Å². The summed E-state index contributed by atoms with van der Waals surface area (Å²) in [7, 11) is 0. The smallest absolute Gasteiger partial charge is 0.247 e. The molecule has 3 aromatic carbocycles. The summed E-state index contributed by atoms with van der Waals surface area (Å²) < 4.78 is 0. The van der Waals surface area contributed by atoms with Gasteiger partial charge in [0.2, 0.25) is 11.8 Å². The fraction of sp³-hybridized carbons (Fsp3) is 0.125. The summed E-state index contributed by atoms with van der Waals surface area (Å²) in [5.74, 6) is -0.335. The van der Waals surface area contributed by atoms with Crippen molar-refractivity contribution in [2.45, 2.75) is 18.6 Å². The quantitative estimate of drug-likeness (QED) is 0.626. The fourth-order valence-electron chi connectivity index (χ4n) is 3.12. The van der Waals surface area contributed by atoms with Gasteiger partial charge in [-0.15, -0.1) is 0 Å². The second kappa shape index (κ2) is 8.97. The third kappa shape index (κ3) is 4.60. The second-order valence-electron chi connectivity index (χ2n) is 6.96. The van der Waals surface area contributed by atoms with Crippen LogP contribution in [-0.2, 0) is 9.59 Å². The van der Waals surface area contributed by atoms with Crippen LogP contribution in [0.15, 0.2) is 89.9 Å². The van der Waals surface area contributed by atoms with Crippen LogP contribution in [0.4, 0.5) is 17.1 Å². The molecule has 0 radical (unpaired) electrons. The van der Waals surface area contributed by atoms with Crippen molar-refractivity contribution in [1.82, 2.24) is 0 Å². The van der Waals surface area contributed by atoms with Crippen LogP contribution in [-0.4, -0.2) is 22.2 Å². The van der Waals surface area contributed by atoms with E-state index >= 15 is 0 Å². The van der Waals surface area contributed by atoms with Crippen LogP contribution >= 0.6 is 11.8 Å². The lowest BCUT2D eigenvalue weighted by Gasteiger charge is -2.16. The highest BCUT2D eigenvalue weighted by molar-refractivity contribution is 8.16. The molecule has 1 heterocycles. The fourth-order valence-corrected chi connectivity index (χ4v) is 4.27. The second-order valence-corrected chi connectivity index (χ2v) is 8.13. The van der Waals surface area contributed by atoms with E-state index in [0.717, 1.165) is 22.6 Å². The molecule has 1 N–H and O–H groups in total. The summed E-state index contributed by atoms with van der Waals surface area (Å²) in [5, 5.41) is 2.92. The topological polar surface area (TPSA) is 61.8 Å². The van der Waals surface area contributed by atoms with Crippen molar-refractivity contribution in [1.29, 1.82) is 0 Å². The molecule has 0 aromatic heterocycles. The Morgan fingerprint density at radius 1 is 0.967 bits per heavy atom. The van der Waals surface area contributed by atoms with Crippen molar-refractivity contribution < 1.29 is 9.59 Å². The number of anilines is 2. The Morgan fingerprint density at radius 2 is 1.60 bits per heavy atom. The van der Waals surface area contributed by atoms with Gasteiger partial charge < -0.3 is 5.32 Å². The maximum Gasteiger partial charge on any atom is 0.247 e. The highest BCUT2D eigenvalue weighted by atomic mass is 32.2. The van der Waals surface area contributed by atoms with E-state index in [4.69, 9.17) is 0 Å². The van der Waals surface area contributed by atoms with Crippen LogP contribution < -0.4 is 10.2 Å². The Morgan fingerprint density at radius 3 is 2.27 bits per heavy atom. The van der Waals surface area contributed by atoms with Crippen molar-refractivity contribution in [2.24, 2.45) is 4.99 Å². The van der Waals surface area contributed by atoms with E-state index in [9.17, 15) is 9.59 Å². The van der Waals surface area contributed by atoms with Crippen molar-refractivity contribution in [3.8, 4) is 0 Å².